The van der Waals surface area contributed by atoms with E-state index in [-0.39, 0.29) is 11.6 Å². The molecule has 0 saturated carbocycles. The molecule has 0 aliphatic carbocycles. The molecule has 20 heavy (non-hydrogen) atoms. The van der Waals surface area contributed by atoms with Crippen molar-refractivity contribution in [3.63, 3.8) is 0 Å². The van der Waals surface area contributed by atoms with E-state index < -0.39 is 0 Å². The number of hydrogen-bond donors (Lipinski definition) is 1. The van der Waals surface area contributed by atoms with Gasteiger partial charge in [0.15, 0.2) is 0 Å². The molecular weight excluding hydrogens is 317 g/mol. The van der Waals surface area contributed by atoms with Gasteiger partial charge in [0, 0.05) is 18.2 Å². The molecule has 0 aliphatic rings. The van der Waals surface area contributed by atoms with Crippen LogP contribution in [0.15, 0.2) is 12.1 Å². The van der Waals surface area contributed by atoms with Crippen molar-refractivity contribution in [1.29, 1.82) is 0 Å². The van der Waals surface area contributed by atoms with Gasteiger partial charge in [0.25, 0.3) is 0 Å². The number of benzene rings is 1. The molecule has 0 spiro atoms. The molecule has 0 bridgehead atoms. The Kier molecular flexibility index (Phi) is 6.93. The van der Waals surface area contributed by atoms with Gasteiger partial charge in [-0.3, -0.25) is 0 Å². The van der Waals surface area contributed by atoms with Crippen LogP contribution in [0.4, 0.5) is 0 Å². The second kappa shape index (κ2) is 7.74. The lowest BCUT2D eigenvalue weighted by Gasteiger charge is -2.26. The van der Waals surface area contributed by atoms with Crippen LogP contribution < -0.4 is 10.1 Å². The highest BCUT2D eigenvalue weighted by molar-refractivity contribution is 6.43. The molecule has 1 aromatic carbocycles. The van der Waals surface area contributed by atoms with Gasteiger partial charge < -0.3 is 10.1 Å². The lowest BCUT2D eigenvalue weighted by molar-refractivity contribution is 0.175. The van der Waals surface area contributed by atoms with Crippen LogP contribution in [0.5, 0.6) is 5.75 Å². The molecule has 1 unspecified atom stereocenters. The number of rotatable bonds is 6. The summed E-state index contributed by atoms with van der Waals surface area (Å²) in [5.41, 5.74) is 0.0524. The summed E-state index contributed by atoms with van der Waals surface area (Å²) in [6.45, 7) is 9.27. The zero-order chi connectivity index (χ0) is 15.3. The smallest absolute Gasteiger partial charge is 0.139 e. The van der Waals surface area contributed by atoms with Crippen molar-refractivity contribution in [2.24, 2.45) is 0 Å². The first-order valence-electron chi connectivity index (χ1n) is 6.79. The Morgan fingerprint density at radius 2 is 1.70 bits per heavy atom. The Balaban J connectivity index is 2.77. The van der Waals surface area contributed by atoms with Crippen molar-refractivity contribution in [2.75, 3.05) is 6.54 Å². The van der Waals surface area contributed by atoms with Gasteiger partial charge >= 0.3 is 0 Å². The first-order chi connectivity index (χ1) is 9.23. The van der Waals surface area contributed by atoms with Gasteiger partial charge in [0.2, 0.25) is 0 Å². The summed E-state index contributed by atoms with van der Waals surface area (Å²) in [5, 5.41) is 4.81. The summed E-state index contributed by atoms with van der Waals surface area (Å²) >= 11 is 18.1. The molecule has 0 saturated heterocycles. The van der Waals surface area contributed by atoms with Crippen molar-refractivity contribution in [1.82, 2.24) is 5.32 Å². The first kappa shape index (κ1) is 17.9. The van der Waals surface area contributed by atoms with E-state index in [4.69, 9.17) is 39.5 Å². The fourth-order valence-electron chi connectivity index (χ4n) is 1.72. The van der Waals surface area contributed by atoms with Crippen LogP contribution in [0.25, 0.3) is 0 Å². The van der Waals surface area contributed by atoms with Crippen LogP contribution >= 0.6 is 34.8 Å². The second-order valence-electron chi connectivity index (χ2n) is 5.86. The minimum atomic E-state index is 0.0500. The summed E-state index contributed by atoms with van der Waals surface area (Å²) in [4.78, 5) is 0. The molecule has 1 aromatic rings. The van der Waals surface area contributed by atoms with Gasteiger partial charge in [-0.05, 0) is 33.3 Å². The summed E-state index contributed by atoms with van der Waals surface area (Å²) in [7, 11) is 0. The van der Waals surface area contributed by atoms with Gasteiger partial charge in [-0.2, -0.15) is 0 Å². The van der Waals surface area contributed by atoms with Crippen LogP contribution in [0.3, 0.4) is 0 Å². The highest BCUT2D eigenvalue weighted by atomic mass is 35.5. The maximum absolute atomic E-state index is 6.15. The van der Waals surface area contributed by atoms with E-state index in [0.717, 1.165) is 19.4 Å². The monoisotopic (exact) mass is 337 g/mol. The summed E-state index contributed by atoms with van der Waals surface area (Å²) in [5.74, 6) is 0.579. The summed E-state index contributed by atoms with van der Waals surface area (Å²) < 4.78 is 5.98. The van der Waals surface area contributed by atoms with Crippen molar-refractivity contribution < 1.29 is 4.74 Å². The average Bonchev–Trinajstić information content (AvgIpc) is 2.32. The normalized spacial score (nSPS) is 13.3. The third kappa shape index (κ3) is 6.09. The predicted molar refractivity (Wildman–Crippen MR) is 88.6 cm³/mol. The van der Waals surface area contributed by atoms with E-state index in [1.54, 1.807) is 12.1 Å². The van der Waals surface area contributed by atoms with Gasteiger partial charge in [-0.1, -0.05) is 48.1 Å². The van der Waals surface area contributed by atoms with Crippen molar-refractivity contribution >= 4 is 34.8 Å². The van der Waals surface area contributed by atoms with E-state index in [1.807, 2.05) is 0 Å². The van der Waals surface area contributed by atoms with Gasteiger partial charge in [0.1, 0.15) is 11.9 Å². The topological polar surface area (TPSA) is 21.3 Å². The lowest BCUT2D eigenvalue weighted by atomic mass is 10.1. The minimum absolute atomic E-state index is 0.0500. The van der Waals surface area contributed by atoms with E-state index in [2.05, 4.69) is 33.0 Å². The standard InChI is InChI=1S/C15H22Cl3NO/c1-5-6-10(9-19-15(2,3)4)20-14-8-12(17)11(16)7-13(14)18/h7-8,10,19H,5-6,9H2,1-4H3. The third-order valence-electron chi connectivity index (χ3n) is 2.74. The fourth-order valence-corrected chi connectivity index (χ4v) is 2.30. The first-order valence-corrected chi connectivity index (χ1v) is 7.92. The molecule has 1 rings (SSSR count). The number of nitrogens with one attached hydrogen (secondary N) is 1. The van der Waals surface area contributed by atoms with Crippen LogP contribution in [-0.2, 0) is 0 Å². The highest BCUT2D eigenvalue weighted by Crippen LogP contribution is 2.34. The van der Waals surface area contributed by atoms with Gasteiger partial charge in [-0.25, -0.2) is 0 Å². The molecule has 0 amide bonds. The molecule has 2 nitrogen and oxygen atoms in total. The maximum atomic E-state index is 6.15. The largest absolute Gasteiger partial charge is 0.487 e. The number of hydrogen-bond acceptors (Lipinski definition) is 2. The second-order valence-corrected chi connectivity index (χ2v) is 7.08. The average molecular weight is 339 g/mol. The van der Waals surface area contributed by atoms with Crippen LogP contribution in [0.1, 0.15) is 40.5 Å². The number of ether oxygens (including phenoxy) is 1. The molecule has 0 aliphatic heterocycles. The zero-order valence-electron chi connectivity index (χ0n) is 12.4. The molecule has 0 fully saturated rings. The van der Waals surface area contributed by atoms with Crippen molar-refractivity contribution in [3.8, 4) is 5.75 Å². The Bertz CT molecular complexity index is 443. The Morgan fingerprint density at radius 1 is 1.10 bits per heavy atom. The lowest BCUT2D eigenvalue weighted by Crippen LogP contribution is -2.42. The van der Waals surface area contributed by atoms with E-state index >= 15 is 0 Å². The quantitative estimate of drug-likeness (QED) is 0.683. The molecule has 5 heteroatoms. The van der Waals surface area contributed by atoms with E-state index in [1.165, 1.54) is 0 Å². The SMILES string of the molecule is CCCC(CNC(C)(C)C)Oc1cc(Cl)c(Cl)cc1Cl. The van der Waals surface area contributed by atoms with Gasteiger partial charge in [-0.15, -0.1) is 0 Å². The summed E-state index contributed by atoms with van der Waals surface area (Å²) in [6, 6.07) is 3.28. The maximum Gasteiger partial charge on any atom is 0.139 e. The molecule has 0 heterocycles. The number of halogens is 3. The molecule has 1 atom stereocenters. The van der Waals surface area contributed by atoms with E-state index in [9.17, 15) is 0 Å². The van der Waals surface area contributed by atoms with Crippen LogP contribution in [-0.4, -0.2) is 18.2 Å². The molecule has 0 aromatic heterocycles. The third-order valence-corrected chi connectivity index (χ3v) is 3.76. The van der Waals surface area contributed by atoms with Crippen LogP contribution in [0, 0.1) is 0 Å². The molecule has 0 radical (unpaired) electrons. The molecule has 114 valence electrons. The van der Waals surface area contributed by atoms with E-state index in [0.29, 0.717) is 20.8 Å². The Hall–Kier alpha value is -0.150. The minimum Gasteiger partial charge on any atom is -0.487 e. The van der Waals surface area contributed by atoms with Gasteiger partial charge in [0.05, 0.1) is 15.1 Å². The fraction of sp³-hybridized carbons (Fsp3) is 0.600. The summed E-state index contributed by atoms with van der Waals surface area (Å²) in [6.07, 6.45) is 2.03. The Labute approximate surface area is 136 Å². The van der Waals surface area contributed by atoms with Crippen molar-refractivity contribution in [3.05, 3.63) is 27.2 Å². The Morgan fingerprint density at radius 3 is 2.25 bits per heavy atom. The zero-order valence-corrected chi connectivity index (χ0v) is 14.7. The van der Waals surface area contributed by atoms with Crippen molar-refractivity contribution in [2.45, 2.75) is 52.2 Å². The highest BCUT2D eigenvalue weighted by Gasteiger charge is 2.17. The predicted octanol–water partition coefficient (Wildman–Crippen LogP) is 5.58. The molecular formula is C15H22Cl3NO. The van der Waals surface area contributed by atoms with Crippen LogP contribution in [0.2, 0.25) is 15.1 Å². The molecule has 1 N–H and O–H groups in total.